The molecule has 1 N–H and O–H groups in total. The molecule has 1 saturated heterocycles. The van der Waals surface area contributed by atoms with Gasteiger partial charge in [-0.2, -0.15) is 0 Å². The monoisotopic (exact) mass is 290 g/mol. The Morgan fingerprint density at radius 1 is 1.43 bits per heavy atom. The van der Waals surface area contributed by atoms with Gasteiger partial charge in [0.05, 0.1) is 13.2 Å². The Bertz CT molecular complexity index is 526. The summed E-state index contributed by atoms with van der Waals surface area (Å²) in [6, 6.07) is 6.34. The van der Waals surface area contributed by atoms with E-state index in [1.54, 1.807) is 7.11 Å². The Hall–Kier alpha value is -1.91. The zero-order valence-electron chi connectivity index (χ0n) is 12.7. The molecule has 1 fully saturated rings. The van der Waals surface area contributed by atoms with Gasteiger partial charge in [0.25, 0.3) is 0 Å². The van der Waals surface area contributed by atoms with Crippen LogP contribution in [0.5, 0.6) is 11.5 Å². The van der Waals surface area contributed by atoms with Gasteiger partial charge in [-0.15, -0.1) is 0 Å². The minimum Gasteiger partial charge on any atom is -0.493 e. The number of nitrogens with zero attached hydrogens (tertiary/aromatic N) is 3. The van der Waals surface area contributed by atoms with Crippen molar-refractivity contribution in [1.29, 1.82) is 0 Å². The van der Waals surface area contributed by atoms with Gasteiger partial charge in [0.2, 0.25) is 0 Å². The molecule has 0 bridgehead atoms. The van der Waals surface area contributed by atoms with Crippen LogP contribution in [0.2, 0.25) is 0 Å². The third-order valence-corrected chi connectivity index (χ3v) is 3.61. The number of nitrogens with one attached hydrogen (secondary N) is 1. The molecule has 1 aliphatic rings. The van der Waals surface area contributed by atoms with Crippen molar-refractivity contribution < 1.29 is 9.47 Å². The molecule has 0 unspecified atom stereocenters. The minimum atomic E-state index is 0.105. The lowest BCUT2D eigenvalue weighted by atomic mass is 9.96. The van der Waals surface area contributed by atoms with Crippen LogP contribution in [0.1, 0.15) is 31.7 Å². The molecule has 6 nitrogen and oxygen atoms in total. The number of azide groups is 1. The first-order valence-corrected chi connectivity index (χ1v) is 7.23. The zero-order valence-corrected chi connectivity index (χ0v) is 12.7. The average Bonchev–Trinajstić information content (AvgIpc) is 2.93. The maximum absolute atomic E-state index is 8.39. The number of hydrogen-bond donors (Lipinski definition) is 1. The van der Waals surface area contributed by atoms with Crippen molar-refractivity contribution in [3.8, 4) is 11.5 Å². The molecular formula is C15H22N4O2. The predicted octanol–water partition coefficient (Wildman–Crippen LogP) is 3.24. The van der Waals surface area contributed by atoms with E-state index in [0.717, 1.165) is 24.5 Å². The van der Waals surface area contributed by atoms with Crippen LogP contribution in [0.3, 0.4) is 0 Å². The molecule has 6 heteroatoms. The number of rotatable bonds is 6. The van der Waals surface area contributed by atoms with Crippen molar-refractivity contribution in [2.45, 2.75) is 38.3 Å². The third-order valence-electron chi connectivity index (χ3n) is 3.61. The van der Waals surface area contributed by atoms with Crippen LogP contribution in [0.4, 0.5) is 0 Å². The number of ether oxygens (including phenoxy) is 2. The largest absolute Gasteiger partial charge is 0.493 e. The molecule has 1 heterocycles. The van der Waals surface area contributed by atoms with Gasteiger partial charge in [-0.3, -0.25) is 0 Å². The second kappa shape index (κ2) is 7.20. The summed E-state index contributed by atoms with van der Waals surface area (Å²) in [4.78, 5) is 2.81. The first kappa shape index (κ1) is 15.5. The summed E-state index contributed by atoms with van der Waals surface area (Å²) in [5, 5.41) is 7.03. The maximum Gasteiger partial charge on any atom is 0.161 e. The molecule has 0 spiro atoms. The number of benzene rings is 1. The molecule has 0 saturated carbocycles. The lowest BCUT2D eigenvalue weighted by Gasteiger charge is -2.17. The van der Waals surface area contributed by atoms with Crippen molar-refractivity contribution in [2.24, 2.45) is 5.11 Å². The molecular weight excluding hydrogens is 268 g/mol. The lowest BCUT2D eigenvalue weighted by Crippen LogP contribution is -2.23. The number of hydrogen-bond acceptors (Lipinski definition) is 4. The highest BCUT2D eigenvalue weighted by molar-refractivity contribution is 5.44. The quantitative estimate of drug-likeness (QED) is 0.496. The van der Waals surface area contributed by atoms with Crippen molar-refractivity contribution in [3.05, 3.63) is 34.2 Å². The standard InChI is InChI=1S/C15H22N4O2/c1-10(2)21-15-7-11(4-5-14(15)20-3)12-6-13(17-8-12)9-18-19-16/h4-5,7,10,12-13,17H,6,8-9H2,1-3H3/t12-,13-/m1/s1. The summed E-state index contributed by atoms with van der Waals surface area (Å²) in [5.41, 5.74) is 9.61. The van der Waals surface area contributed by atoms with Crippen molar-refractivity contribution >= 4 is 0 Å². The van der Waals surface area contributed by atoms with Crippen LogP contribution in [-0.2, 0) is 0 Å². The van der Waals surface area contributed by atoms with Crippen molar-refractivity contribution in [1.82, 2.24) is 5.32 Å². The van der Waals surface area contributed by atoms with Crippen LogP contribution >= 0.6 is 0 Å². The summed E-state index contributed by atoms with van der Waals surface area (Å²) >= 11 is 0. The molecule has 0 aliphatic carbocycles. The molecule has 2 atom stereocenters. The van der Waals surface area contributed by atoms with E-state index in [9.17, 15) is 0 Å². The first-order chi connectivity index (χ1) is 10.1. The summed E-state index contributed by atoms with van der Waals surface area (Å²) in [6.07, 6.45) is 1.07. The maximum atomic E-state index is 8.39. The molecule has 0 amide bonds. The van der Waals surface area contributed by atoms with Crippen molar-refractivity contribution in [2.75, 3.05) is 20.2 Å². The van der Waals surface area contributed by atoms with Gasteiger partial charge >= 0.3 is 0 Å². The second-order valence-corrected chi connectivity index (χ2v) is 5.53. The molecule has 21 heavy (non-hydrogen) atoms. The summed E-state index contributed by atoms with van der Waals surface area (Å²) in [7, 11) is 1.65. The van der Waals surface area contributed by atoms with Crippen LogP contribution in [0.15, 0.2) is 23.3 Å². The van der Waals surface area contributed by atoms with Gasteiger partial charge in [0.1, 0.15) is 0 Å². The van der Waals surface area contributed by atoms with Gasteiger partial charge in [-0.05, 0) is 49.4 Å². The van der Waals surface area contributed by atoms with E-state index in [1.807, 2.05) is 19.9 Å². The molecule has 114 valence electrons. The average molecular weight is 290 g/mol. The van der Waals surface area contributed by atoms with E-state index in [2.05, 4.69) is 27.5 Å². The van der Waals surface area contributed by atoms with Gasteiger partial charge in [-0.1, -0.05) is 11.2 Å². The second-order valence-electron chi connectivity index (χ2n) is 5.53. The smallest absolute Gasteiger partial charge is 0.161 e. The summed E-state index contributed by atoms with van der Waals surface area (Å²) < 4.78 is 11.2. The van der Waals surface area contributed by atoms with E-state index in [-0.39, 0.29) is 12.1 Å². The van der Waals surface area contributed by atoms with Gasteiger partial charge in [0, 0.05) is 24.0 Å². The van der Waals surface area contributed by atoms with Crippen LogP contribution < -0.4 is 14.8 Å². The topological polar surface area (TPSA) is 79.2 Å². The van der Waals surface area contributed by atoms with E-state index in [4.69, 9.17) is 15.0 Å². The zero-order chi connectivity index (χ0) is 15.2. The molecule has 0 aromatic heterocycles. The molecule has 0 radical (unpaired) electrons. The highest BCUT2D eigenvalue weighted by Gasteiger charge is 2.25. The molecule has 1 aliphatic heterocycles. The fourth-order valence-electron chi connectivity index (χ4n) is 2.64. The fourth-order valence-corrected chi connectivity index (χ4v) is 2.64. The molecule has 2 rings (SSSR count). The predicted molar refractivity (Wildman–Crippen MR) is 81.9 cm³/mol. The normalized spacial score (nSPS) is 21.1. The van der Waals surface area contributed by atoms with Gasteiger partial charge in [0.15, 0.2) is 11.5 Å². The van der Waals surface area contributed by atoms with E-state index in [1.165, 1.54) is 5.56 Å². The summed E-state index contributed by atoms with van der Waals surface area (Å²) in [5.74, 6) is 1.94. The SMILES string of the molecule is COc1ccc([C@H]2CN[C@@H](CN=[N+]=[N-])C2)cc1OC(C)C. The fraction of sp³-hybridized carbons (Fsp3) is 0.600. The van der Waals surface area contributed by atoms with E-state index in [0.29, 0.717) is 12.5 Å². The Balaban J connectivity index is 2.11. The lowest BCUT2D eigenvalue weighted by molar-refractivity contribution is 0.230. The highest BCUT2D eigenvalue weighted by Crippen LogP contribution is 2.34. The molecule has 1 aromatic rings. The molecule has 1 aromatic carbocycles. The first-order valence-electron chi connectivity index (χ1n) is 7.23. The van der Waals surface area contributed by atoms with Crippen LogP contribution in [0, 0.1) is 0 Å². The van der Waals surface area contributed by atoms with Gasteiger partial charge in [-0.25, -0.2) is 0 Å². The Kier molecular flexibility index (Phi) is 5.31. The Labute approximate surface area is 125 Å². The summed E-state index contributed by atoms with van der Waals surface area (Å²) in [6.45, 7) is 5.38. The van der Waals surface area contributed by atoms with E-state index < -0.39 is 0 Å². The number of methoxy groups -OCH3 is 1. The highest BCUT2D eigenvalue weighted by atomic mass is 16.5. The Morgan fingerprint density at radius 3 is 2.90 bits per heavy atom. The van der Waals surface area contributed by atoms with E-state index >= 15 is 0 Å². The minimum absolute atomic E-state index is 0.105. The van der Waals surface area contributed by atoms with Gasteiger partial charge < -0.3 is 14.8 Å². The Morgan fingerprint density at radius 2 is 2.24 bits per heavy atom. The van der Waals surface area contributed by atoms with Crippen LogP contribution in [0.25, 0.3) is 10.4 Å². The van der Waals surface area contributed by atoms with Crippen LogP contribution in [-0.4, -0.2) is 32.3 Å². The third kappa shape index (κ3) is 4.03. The van der Waals surface area contributed by atoms with Crippen molar-refractivity contribution in [3.63, 3.8) is 0 Å².